The number of aryl methyl sites for hydroxylation is 1. The molecule has 0 bridgehead atoms. The molecule has 0 aliphatic carbocycles. The van der Waals surface area contributed by atoms with Crippen LogP contribution in [0, 0.1) is 24.2 Å². The summed E-state index contributed by atoms with van der Waals surface area (Å²) < 4.78 is 5.09. The summed E-state index contributed by atoms with van der Waals surface area (Å²) in [5.41, 5.74) is 1.46. The minimum atomic E-state index is -0.314. The number of esters is 1. The molecule has 90 valence electrons. The first kappa shape index (κ1) is 13.3. The molecule has 0 radical (unpaired) electrons. The standard InChI is InChI=1S/C15H18O2/c1-12-8-5-6-9-13(12)14(16)17-11-7-10-15(2,3)4/h5-6,8-9H,11H2,1-4H3. The molecule has 2 heteroatoms. The molecule has 0 saturated heterocycles. The molecule has 0 amide bonds. The van der Waals surface area contributed by atoms with Gasteiger partial charge in [0.15, 0.2) is 6.61 Å². The summed E-state index contributed by atoms with van der Waals surface area (Å²) in [7, 11) is 0. The maximum Gasteiger partial charge on any atom is 0.339 e. The molecule has 0 unspecified atom stereocenters. The van der Waals surface area contributed by atoms with E-state index in [1.165, 1.54) is 0 Å². The van der Waals surface area contributed by atoms with Gasteiger partial charge in [-0.2, -0.15) is 0 Å². The zero-order valence-electron chi connectivity index (χ0n) is 10.8. The fourth-order valence-electron chi connectivity index (χ4n) is 1.28. The molecule has 0 aliphatic heterocycles. The van der Waals surface area contributed by atoms with Gasteiger partial charge in [-0.05, 0) is 39.3 Å². The van der Waals surface area contributed by atoms with Gasteiger partial charge in [0.2, 0.25) is 0 Å². The van der Waals surface area contributed by atoms with E-state index in [1.54, 1.807) is 6.07 Å². The Labute approximate surface area is 103 Å². The van der Waals surface area contributed by atoms with Crippen molar-refractivity contribution in [1.29, 1.82) is 0 Å². The van der Waals surface area contributed by atoms with Crippen molar-refractivity contribution in [3.05, 3.63) is 35.4 Å². The first-order valence-electron chi connectivity index (χ1n) is 5.63. The highest BCUT2D eigenvalue weighted by Gasteiger charge is 2.08. The van der Waals surface area contributed by atoms with Crippen LogP contribution in [0.5, 0.6) is 0 Å². The molecular formula is C15H18O2. The number of carbonyl (C=O) groups excluding carboxylic acids is 1. The topological polar surface area (TPSA) is 26.3 Å². The molecule has 1 aromatic carbocycles. The van der Waals surface area contributed by atoms with E-state index in [9.17, 15) is 4.79 Å². The number of hydrogen-bond donors (Lipinski definition) is 0. The molecule has 0 N–H and O–H groups in total. The summed E-state index contributed by atoms with van der Waals surface area (Å²) in [6, 6.07) is 7.36. The smallest absolute Gasteiger partial charge is 0.339 e. The second-order valence-corrected chi connectivity index (χ2v) is 4.94. The van der Waals surface area contributed by atoms with E-state index in [0.29, 0.717) is 5.56 Å². The summed E-state index contributed by atoms with van der Waals surface area (Å²) in [5, 5.41) is 0. The van der Waals surface area contributed by atoms with Crippen LogP contribution in [0.2, 0.25) is 0 Å². The largest absolute Gasteiger partial charge is 0.449 e. The Kier molecular flexibility index (Phi) is 4.34. The van der Waals surface area contributed by atoms with Gasteiger partial charge in [-0.3, -0.25) is 0 Å². The Bertz CT molecular complexity index is 456. The van der Waals surface area contributed by atoms with Gasteiger partial charge in [0, 0.05) is 5.41 Å². The lowest BCUT2D eigenvalue weighted by Crippen LogP contribution is -2.07. The number of ether oxygens (including phenoxy) is 1. The van der Waals surface area contributed by atoms with Crippen LogP contribution in [0.15, 0.2) is 24.3 Å². The van der Waals surface area contributed by atoms with Crippen LogP contribution in [0.4, 0.5) is 0 Å². The van der Waals surface area contributed by atoms with Crippen LogP contribution < -0.4 is 0 Å². The minimum Gasteiger partial charge on any atom is -0.449 e. The lowest BCUT2D eigenvalue weighted by molar-refractivity contribution is 0.0555. The first-order chi connectivity index (χ1) is 7.90. The number of benzene rings is 1. The zero-order chi connectivity index (χ0) is 12.9. The molecular weight excluding hydrogens is 212 g/mol. The molecule has 0 spiro atoms. The van der Waals surface area contributed by atoms with Crippen molar-refractivity contribution < 1.29 is 9.53 Å². The lowest BCUT2D eigenvalue weighted by Gasteiger charge is -2.07. The van der Waals surface area contributed by atoms with Gasteiger partial charge in [0.25, 0.3) is 0 Å². The summed E-state index contributed by atoms with van der Waals surface area (Å²) in [4.78, 5) is 11.7. The van der Waals surface area contributed by atoms with E-state index in [4.69, 9.17) is 4.74 Å². The van der Waals surface area contributed by atoms with E-state index < -0.39 is 0 Å². The molecule has 0 fully saturated rings. The van der Waals surface area contributed by atoms with Crippen molar-refractivity contribution in [2.45, 2.75) is 27.7 Å². The molecule has 0 aliphatic rings. The number of hydrogen-bond acceptors (Lipinski definition) is 2. The van der Waals surface area contributed by atoms with E-state index >= 15 is 0 Å². The predicted octanol–water partition coefficient (Wildman–Crippen LogP) is 3.20. The highest BCUT2D eigenvalue weighted by molar-refractivity contribution is 5.91. The van der Waals surface area contributed by atoms with Crippen molar-refractivity contribution in [1.82, 2.24) is 0 Å². The Balaban J connectivity index is 2.57. The van der Waals surface area contributed by atoms with Crippen molar-refractivity contribution >= 4 is 5.97 Å². The third-order valence-corrected chi connectivity index (χ3v) is 2.10. The van der Waals surface area contributed by atoms with E-state index in [1.807, 2.05) is 45.9 Å². The van der Waals surface area contributed by atoms with E-state index in [0.717, 1.165) is 5.56 Å². The van der Waals surface area contributed by atoms with Gasteiger partial charge in [-0.15, -0.1) is 0 Å². The summed E-state index contributed by atoms with van der Waals surface area (Å²) in [5.74, 6) is 5.55. The third-order valence-electron chi connectivity index (χ3n) is 2.10. The van der Waals surface area contributed by atoms with Crippen molar-refractivity contribution in [2.24, 2.45) is 5.41 Å². The second kappa shape index (κ2) is 5.54. The van der Waals surface area contributed by atoms with Gasteiger partial charge in [-0.1, -0.05) is 30.0 Å². The fraction of sp³-hybridized carbons (Fsp3) is 0.400. The molecule has 2 nitrogen and oxygen atoms in total. The Morgan fingerprint density at radius 2 is 1.94 bits per heavy atom. The first-order valence-corrected chi connectivity index (χ1v) is 5.63. The molecule has 0 saturated carbocycles. The van der Waals surface area contributed by atoms with Crippen LogP contribution in [0.25, 0.3) is 0 Å². The summed E-state index contributed by atoms with van der Waals surface area (Å²) in [6.07, 6.45) is 0. The molecule has 1 rings (SSSR count). The molecule has 0 aromatic heterocycles. The van der Waals surface area contributed by atoms with Crippen LogP contribution in [-0.2, 0) is 4.74 Å². The van der Waals surface area contributed by atoms with Gasteiger partial charge >= 0.3 is 5.97 Å². The fourth-order valence-corrected chi connectivity index (χ4v) is 1.28. The lowest BCUT2D eigenvalue weighted by atomic mass is 9.98. The van der Waals surface area contributed by atoms with E-state index in [-0.39, 0.29) is 18.0 Å². The van der Waals surface area contributed by atoms with Crippen LogP contribution in [-0.4, -0.2) is 12.6 Å². The molecule has 0 heterocycles. The second-order valence-electron chi connectivity index (χ2n) is 4.94. The highest BCUT2D eigenvalue weighted by Crippen LogP contribution is 2.10. The molecule has 17 heavy (non-hydrogen) atoms. The number of rotatable bonds is 2. The Hall–Kier alpha value is -1.75. The predicted molar refractivity (Wildman–Crippen MR) is 68.7 cm³/mol. The SMILES string of the molecule is Cc1ccccc1C(=O)OCC#CC(C)(C)C. The minimum absolute atomic E-state index is 0.0604. The summed E-state index contributed by atoms with van der Waals surface area (Å²) in [6.45, 7) is 8.08. The average Bonchev–Trinajstić information content (AvgIpc) is 2.23. The summed E-state index contributed by atoms with van der Waals surface area (Å²) >= 11 is 0. The van der Waals surface area contributed by atoms with Crippen LogP contribution >= 0.6 is 0 Å². The monoisotopic (exact) mass is 230 g/mol. The quantitative estimate of drug-likeness (QED) is 0.576. The maximum absolute atomic E-state index is 11.7. The average molecular weight is 230 g/mol. The third kappa shape index (κ3) is 4.74. The van der Waals surface area contributed by atoms with Crippen molar-refractivity contribution in [3.8, 4) is 11.8 Å². The maximum atomic E-state index is 11.7. The number of carbonyl (C=O) groups is 1. The van der Waals surface area contributed by atoms with E-state index in [2.05, 4.69) is 11.8 Å². The van der Waals surface area contributed by atoms with Gasteiger partial charge in [0.1, 0.15) is 0 Å². The zero-order valence-corrected chi connectivity index (χ0v) is 10.8. The molecule has 0 atom stereocenters. The van der Waals surface area contributed by atoms with Crippen LogP contribution in [0.3, 0.4) is 0 Å². The Morgan fingerprint density at radius 3 is 2.53 bits per heavy atom. The van der Waals surface area contributed by atoms with Gasteiger partial charge < -0.3 is 4.74 Å². The van der Waals surface area contributed by atoms with Gasteiger partial charge in [0.05, 0.1) is 5.56 Å². The molecule has 1 aromatic rings. The van der Waals surface area contributed by atoms with Gasteiger partial charge in [-0.25, -0.2) is 4.79 Å². The van der Waals surface area contributed by atoms with Crippen molar-refractivity contribution in [2.75, 3.05) is 6.61 Å². The Morgan fingerprint density at radius 1 is 1.29 bits per heavy atom. The normalized spacial score (nSPS) is 10.4. The highest BCUT2D eigenvalue weighted by atomic mass is 16.5. The van der Waals surface area contributed by atoms with Crippen LogP contribution in [0.1, 0.15) is 36.7 Å². The van der Waals surface area contributed by atoms with Crippen molar-refractivity contribution in [3.63, 3.8) is 0 Å².